The first-order chi connectivity index (χ1) is 6.81. The van der Waals surface area contributed by atoms with Gasteiger partial charge in [0.25, 0.3) is 0 Å². The molecule has 0 aliphatic carbocycles. The summed E-state index contributed by atoms with van der Waals surface area (Å²) in [6.45, 7) is 2.15. The lowest BCUT2D eigenvalue weighted by molar-refractivity contribution is 0.654. The van der Waals surface area contributed by atoms with E-state index in [1.807, 2.05) is 24.3 Å². The van der Waals surface area contributed by atoms with Crippen LogP contribution in [0.15, 0.2) is 42.2 Å². The van der Waals surface area contributed by atoms with Gasteiger partial charge in [0.1, 0.15) is 5.82 Å². The van der Waals surface area contributed by atoms with Crippen molar-refractivity contribution in [2.24, 2.45) is 5.73 Å². The summed E-state index contributed by atoms with van der Waals surface area (Å²) < 4.78 is 0. The summed E-state index contributed by atoms with van der Waals surface area (Å²) >= 11 is 0. The maximum absolute atomic E-state index is 5.74. The van der Waals surface area contributed by atoms with E-state index in [1.54, 1.807) is 0 Å². The number of nitrogens with two attached hydrogens (primary N) is 1. The number of benzene rings is 1. The van der Waals surface area contributed by atoms with Crippen molar-refractivity contribution in [1.29, 1.82) is 0 Å². The predicted molar refractivity (Wildman–Crippen MR) is 58.4 cm³/mol. The van der Waals surface area contributed by atoms with E-state index in [-0.39, 0.29) is 0 Å². The molecule has 1 unspecified atom stereocenters. The summed E-state index contributed by atoms with van der Waals surface area (Å²) in [6, 6.07) is 10.6. The Labute approximate surface area is 84.2 Å². The van der Waals surface area contributed by atoms with Crippen LogP contribution in [0, 0.1) is 0 Å². The van der Waals surface area contributed by atoms with Crippen LogP contribution in [0.4, 0.5) is 5.69 Å². The summed E-state index contributed by atoms with van der Waals surface area (Å²) in [7, 11) is 0. The number of hydrogen-bond acceptors (Lipinski definition) is 3. The van der Waals surface area contributed by atoms with Crippen LogP contribution in [-0.4, -0.2) is 6.04 Å². The number of hydrazine groups is 1. The van der Waals surface area contributed by atoms with E-state index in [2.05, 4.69) is 29.5 Å². The number of hydrogen-bond donors (Lipinski definition) is 2. The Bertz CT molecular complexity index is 332. The van der Waals surface area contributed by atoms with E-state index >= 15 is 0 Å². The van der Waals surface area contributed by atoms with Crippen molar-refractivity contribution in [2.75, 3.05) is 5.01 Å². The van der Waals surface area contributed by atoms with Crippen molar-refractivity contribution < 1.29 is 0 Å². The second-order valence-corrected chi connectivity index (χ2v) is 3.41. The molecule has 0 bridgehead atoms. The number of para-hydroxylation sites is 1. The largest absolute Gasteiger partial charge is 0.384 e. The normalized spacial score (nSPS) is 20.5. The quantitative estimate of drug-likeness (QED) is 0.742. The summed E-state index contributed by atoms with van der Waals surface area (Å²) in [4.78, 5) is 0. The molecular formula is C11H15N3. The van der Waals surface area contributed by atoms with Gasteiger partial charge in [-0.25, -0.2) is 0 Å². The molecule has 0 saturated heterocycles. The molecule has 14 heavy (non-hydrogen) atoms. The van der Waals surface area contributed by atoms with Gasteiger partial charge in [-0.2, -0.15) is 0 Å². The van der Waals surface area contributed by atoms with Gasteiger partial charge >= 0.3 is 0 Å². The maximum Gasteiger partial charge on any atom is 0.113 e. The fourth-order valence-corrected chi connectivity index (χ4v) is 1.69. The van der Waals surface area contributed by atoms with E-state index in [0.717, 1.165) is 17.9 Å². The van der Waals surface area contributed by atoms with Crippen molar-refractivity contribution in [1.82, 2.24) is 5.43 Å². The van der Waals surface area contributed by atoms with Crippen LogP contribution in [0.2, 0.25) is 0 Å². The lowest BCUT2D eigenvalue weighted by atomic mass is 10.2. The number of anilines is 1. The monoisotopic (exact) mass is 189 g/mol. The van der Waals surface area contributed by atoms with Crippen molar-refractivity contribution in [3.63, 3.8) is 0 Å². The lowest BCUT2D eigenvalue weighted by Gasteiger charge is -2.25. The summed E-state index contributed by atoms with van der Waals surface area (Å²) in [6.07, 6.45) is 3.09. The molecular weight excluding hydrogens is 174 g/mol. The highest BCUT2D eigenvalue weighted by molar-refractivity contribution is 5.49. The molecule has 0 fully saturated rings. The van der Waals surface area contributed by atoms with Gasteiger partial charge in [0.05, 0.1) is 11.7 Å². The van der Waals surface area contributed by atoms with E-state index in [4.69, 9.17) is 5.73 Å². The van der Waals surface area contributed by atoms with Gasteiger partial charge in [-0.3, -0.25) is 10.4 Å². The molecule has 0 saturated carbocycles. The number of rotatable bonds is 2. The second-order valence-electron chi connectivity index (χ2n) is 3.41. The molecule has 1 atom stereocenters. The van der Waals surface area contributed by atoms with Crippen LogP contribution >= 0.6 is 0 Å². The molecule has 1 heterocycles. The van der Waals surface area contributed by atoms with E-state index < -0.39 is 0 Å². The van der Waals surface area contributed by atoms with Crippen LogP contribution in [-0.2, 0) is 0 Å². The minimum Gasteiger partial charge on any atom is -0.384 e. The number of nitrogens with one attached hydrogen (secondary N) is 1. The second kappa shape index (κ2) is 3.62. The SMILES string of the molecule is CCC1C=C(N)NN1c1ccccc1. The Morgan fingerprint density at radius 2 is 2.07 bits per heavy atom. The summed E-state index contributed by atoms with van der Waals surface area (Å²) in [5.41, 5.74) is 10.0. The maximum atomic E-state index is 5.74. The molecule has 2 rings (SSSR count). The van der Waals surface area contributed by atoms with Crippen LogP contribution in [0.5, 0.6) is 0 Å². The highest BCUT2D eigenvalue weighted by Gasteiger charge is 2.21. The molecule has 1 aliphatic rings. The Kier molecular flexibility index (Phi) is 2.31. The van der Waals surface area contributed by atoms with Crippen molar-refractivity contribution in [2.45, 2.75) is 19.4 Å². The standard InChI is InChI=1S/C11H15N3/c1-2-9-8-11(12)13-14(9)10-6-4-3-5-7-10/h3-9,13H,2,12H2,1H3. The Hall–Kier alpha value is -1.64. The van der Waals surface area contributed by atoms with Gasteiger partial charge in [-0.05, 0) is 24.6 Å². The zero-order chi connectivity index (χ0) is 9.97. The van der Waals surface area contributed by atoms with Crippen LogP contribution < -0.4 is 16.2 Å². The Morgan fingerprint density at radius 3 is 2.71 bits per heavy atom. The van der Waals surface area contributed by atoms with Crippen molar-refractivity contribution in [3.8, 4) is 0 Å². The third-order valence-corrected chi connectivity index (χ3v) is 2.41. The van der Waals surface area contributed by atoms with Crippen LogP contribution in [0.25, 0.3) is 0 Å². The first kappa shape index (κ1) is 8.94. The minimum absolute atomic E-state index is 0.359. The molecule has 1 aliphatic heterocycles. The molecule has 74 valence electrons. The third-order valence-electron chi connectivity index (χ3n) is 2.41. The molecule has 3 nitrogen and oxygen atoms in total. The average Bonchev–Trinajstić information content (AvgIpc) is 2.61. The molecule has 1 aromatic rings. The van der Waals surface area contributed by atoms with Gasteiger partial charge in [-0.1, -0.05) is 25.1 Å². The highest BCUT2D eigenvalue weighted by atomic mass is 15.6. The predicted octanol–water partition coefficient (Wildman–Crippen LogP) is 1.59. The first-order valence-corrected chi connectivity index (χ1v) is 4.89. The molecule has 0 amide bonds. The van der Waals surface area contributed by atoms with Gasteiger partial charge in [0.15, 0.2) is 0 Å². The van der Waals surface area contributed by atoms with Gasteiger partial charge in [0, 0.05) is 0 Å². The molecule has 3 N–H and O–H groups in total. The van der Waals surface area contributed by atoms with E-state index in [9.17, 15) is 0 Å². The topological polar surface area (TPSA) is 41.3 Å². The fraction of sp³-hybridized carbons (Fsp3) is 0.273. The van der Waals surface area contributed by atoms with Gasteiger partial charge in [0.2, 0.25) is 0 Å². The molecule has 0 spiro atoms. The zero-order valence-corrected chi connectivity index (χ0v) is 8.27. The van der Waals surface area contributed by atoms with Crippen molar-refractivity contribution >= 4 is 5.69 Å². The average molecular weight is 189 g/mol. The van der Waals surface area contributed by atoms with Gasteiger partial charge in [-0.15, -0.1) is 0 Å². The van der Waals surface area contributed by atoms with Crippen LogP contribution in [0.1, 0.15) is 13.3 Å². The Balaban J connectivity index is 2.21. The van der Waals surface area contributed by atoms with Crippen molar-refractivity contribution in [3.05, 3.63) is 42.2 Å². The van der Waals surface area contributed by atoms with E-state index in [1.165, 1.54) is 0 Å². The number of nitrogens with zero attached hydrogens (tertiary/aromatic N) is 1. The smallest absolute Gasteiger partial charge is 0.113 e. The molecule has 1 aromatic carbocycles. The highest BCUT2D eigenvalue weighted by Crippen LogP contribution is 2.20. The Morgan fingerprint density at radius 1 is 1.36 bits per heavy atom. The molecule has 3 heteroatoms. The summed E-state index contributed by atoms with van der Waals surface area (Å²) in [5, 5.41) is 2.09. The third kappa shape index (κ3) is 1.53. The minimum atomic E-state index is 0.359. The molecule has 0 aromatic heterocycles. The fourth-order valence-electron chi connectivity index (χ4n) is 1.69. The summed E-state index contributed by atoms with van der Waals surface area (Å²) in [5.74, 6) is 0.737. The van der Waals surface area contributed by atoms with E-state index in [0.29, 0.717) is 6.04 Å². The first-order valence-electron chi connectivity index (χ1n) is 4.89. The van der Waals surface area contributed by atoms with Gasteiger partial charge < -0.3 is 5.73 Å². The van der Waals surface area contributed by atoms with Crippen LogP contribution in [0.3, 0.4) is 0 Å². The zero-order valence-electron chi connectivity index (χ0n) is 8.27. The molecule has 0 radical (unpaired) electrons. The lowest BCUT2D eigenvalue weighted by Crippen LogP contribution is -2.39.